The van der Waals surface area contributed by atoms with Crippen molar-refractivity contribution in [2.45, 2.75) is 13.1 Å². The van der Waals surface area contributed by atoms with Gasteiger partial charge >= 0.3 is 0 Å². The van der Waals surface area contributed by atoms with Crippen LogP contribution in [-0.2, 0) is 13.1 Å². The van der Waals surface area contributed by atoms with E-state index >= 15 is 0 Å². The van der Waals surface area contributed by atoms with Crippen LogP contribution in [0.4, 0.5) is 0 Å². The molecule has 0 aliphatic carbocycles. The molecule has 3 rings (SSSR count). The predicted octanol–water partition coefficient (Wildman–Crippen LogP) is 2.75. The fraction of sp³-hybridized carbons (Fsp3) is 0.182. The maximum absolute atomic E-state index is 5.31. The lowest BCUT2D eigenvalue weighted by Crippen LogP contribution is -2.08. The van der Waals surface area contributed by atoms with Gasteiger partial charge in [0.1, 0.15) is 0 Å². The van der Waals surface area contributed by atoms with Crippen molar-refractivity contribution < 1.29 is 0 Å². The maximum Gasteiger partial charge on any atom is 0.179 e. The summed E-state index contributed by atoms with van der Waals surface area (Å²) >= 11 is 8.71. The summed E-state index contributed by atoms with van der Waals surface area (Å²) in [6, 6.07) is 3.88. The minimum Gasteiger partial charge on any atom is -0.329 e. The van der Waals surface area contributed by atoms with Crippen LogP contribution in [0.15, 0.2) is 35.2 Å². The predicted molar refractivity (Wildman–Crippen MR) is 74.8 cm³/mol. The molecule has 0 aromatic carbocycles. The number of H-pyrrole nitrogens is 1. The van der Waals surface area contributed by atoms with E-state index in [-0.39, 0.29) is 0 Å². The zero-order chi connectivity index (χ0) is 12.5. The Labute approximate surface area is 117 Å². The Morgan fingerprint density at radius 3 is 3.06 bits per heavy atom. The van der Waals surface area contributed by atoms with E-state index < -0.39 is 0 Å². The van der Waals surface area contributed by atoms with Crippen molar-refractivity contribution in [3.05, 3.63) is 40.0 Å². The number of halogens is 1. The van der Waals surface area contributed by atoms with Crippen molar-refractivity contribution in [1.29, 1.82) is 0 Å². The lowest BCUT2D eigenvalue weighted by Gasteiger charge is -2.04. The summed E-state index contributed by atoms with van der Waals surface area (Å²) < 4.78 is 5.48. The first-order valence-corrected chi connectivity index (χ1v) is 6.65. The van der Waals surface area contributed by atoms with Gasteiger partial charge in [-0.15, -0.1) is 0 Å². The van der Waals surface area contributed by atoms with E-state index in [1.807, 2.05) is 27.6 Å². The van der Waals surface area contributed by atoms with Gasteiger partial charge in [0.25, 0.3) is 0 Å². The average molecular weight is 324 g/mol. The number of imidazole rings is 1. The van der Waals surface area contributed by atoms with E-state index in [2.05, 4.69) is 31.0 Å². The number of aromatic nitrogens is 5. The molecule has 0 saturated carbocycles. The summed E-state index contributed by atoms with van der Waals surface area (Å²) in [7, 11) is 0. The molecule has 0 aliphatic heterocycles. The van der Waals surface area contributed by atoms with Crippen molar-refractivity contribution >= 4 is 39.3 Å². The molecular weight excluding hydrogens is 314 g/mol. The molecule has 0 spiro atoms. The van der Waals surface area contributed by atoms with Gasteiger partial charge in [-0.25, -0.2) is 4.98 Å². The number of rotatable bonds is 3. The molecule has 3 heterocycles. The van der Waals surface area contributed by atoms with Crippen molar-refractivity contribution in [2.24, 2.45) is 0 Å². The molecule has 5 nitrogen and oxygen atoms in total. The van der Waals surface area contributed by atoms with Crippen molar-refractivity contribution in [1.82, 2.24) is 24.3 Å². The molecule has 0 amide bonds. The molecule has 3 aromatic heterocycles. The van der Waals surface area contributed by atoms with Gasteiger partial charge in [0.15, 0.2) is 10.4 Å². The third-order valence-corrected chi connectivity index (χ3v) is 3.44. The fourth-order valence-corrected chi connectivity index (χ4v) is 2.48. The summed E-state index contributed by atoms with van der Waals surface area (Å²) in [4.78, 5) is 7.54. The Hall–Kier alpha value is -1.47. The van der Waals surface area contributed by atoms with Crippen LogP contribution in [0.25, 0.3) is 11.2 Å². The highest BCUT2D eigenvalue weighted by Gasteiger charge is 2.06. The molecule has 0 aliphatic rings. The largest absolute Gasteiger partial charge is 0.329 e. The third-order valence-electron chi connectivity index (χ3n) is 2.69. The van der Waals surface area contributed by atoms with Crippen LogP contribution in [0.1, 0.15) is 0 Å². The molecular formula is C11H10BrN5S. The van der Waals surface area contributed by atoms with Gasteiger partial charge in [0.05, 0.1) is 12.1 Å². The quantitative estimate of drug-likeness (QED) is 0.754. The Kier molecular flexibility index (Phi) is 3.00. The number of aromatic amines is 1. The van der Waals surface area contributed by atoms with Gasteiger partial charge < -0.3 is 4.98 Å². The highest BCUT2D eigenvalue weighted by atomic mass is 79.9. The lowest BCUT2D eigenvalue weighted by atomic mass is 10.4. The van der Waals surface area contributed by atoms with Gasteiger partial charge in [-0.05, 0) is 40.3 Å². The Balaban J connectivity index is 1.96. The molecule has 0 atom stereocenters. The van der Waals surface area contributed by atoms with E-state index in [0.29, 0.717) is 4.77 Å². The van der Waals surface area contributed by atoms with Crippen LogP contribution >= 0.6 is 28.1 Å². The number of pyridine rings is 1. The Morgan fingerprint density at radius 1 is 1.39 bits per heavy atom. The Bertz CT molecular complexity index is 728. The number of hydrogen-bond acceptors (Lipinski definition) is 3. The molecule has 0 radical (unpaired) electrons. The maximum atomic E-state index is 5.31. The van der Waals surface area contributed by atoms with Crippen LogP contribution in [0, 0.1) is 4.77 Å². The molecule has 92 valence electrons. The zero-order valence-electron chi connectivity index (χ0n) is 9.38. The van der Waals surface area contributed by atoms with Gasteiger partial charge in [0.2, 0.25) is 0 Å². The fourth-order valence-electron chi connectivity index (χ4n) is 1.86. The monoisotopic (exact) mass is 323 g/mol. The van der Waals surface area contributed by atoms with Crippen LogP contribution < -0.4 is 0 Å². The first-order valence-electron chi connectivity index (χ1n) is 5.45. The van der Waals surface area contributed by atoms with E-state index in [1.165, 1.54) is 0 Å². The number of fused-ring (bicyclic) bond motifs is 1. The minimum absolute atomic E-state index is 0.683. The smallest absolute Gasteiger partial charge is 0.179 e. The molecule has 0 bridgehead atoms. The van der Waals surface area contributed by atoms with Gasteiger partial charge in [-0.1, -0.05) is 0 Å². The van der Waals surface area contributed by atoms with Crippen molar-refractivity contribution in [2.75, 3.05) is 0 Å². The molecule has 0 unspecified atom stereocenters. The van der Waals surface area contributed by atoms with E-state index in [9.17, 15) is 0 Å². The van der Waals surface area contributed by atoms with E-state index in [4.69, 9.17) is 12.2 Å². The number of hydrogen-bond donors (Lipinski definition) is 1. The molecule has 3 aromatic rings. The van der Waals surface area contributed by atoms with Gasteiger partial charge in [-0.2, -0.15) is 5.10 Å². The minimum atomic E-state index is 0.683. The number of nitrogens with one attached hydrogen (secondary N) is 1. The standard InChI is InChI=1S/C11H10BrN5S/c12-8-6-9-10(13-7-8)17(11(18)15-9)5-4-16-3-1-2-14-16/h1-3,6-7H,4-5H2,(H,15,18). The van der Waals surface area contributed by atoms with Crippen LogP contribution in [0.5, 0.6) is 0 Å². The molecule has 0 fully saturated rings. The molecule has 7 heteroatoms. The summed E-state index contributed by atoms with van der Waals surface area (Å²) in [6.07, 6.45) is 5.47. The molecule has 18 heavy (non-hydrogen) atoms. The van der Waals surface area contributed by atoms with E-state index in [0.717, 1.165) is 28.7 Å². The number of nitrogens with zero attached hydrogens (tertiary/aromatic N) is 4. The van der Waals surface area contributed by atoms with Crippen molar-refractivity contribution in [3.8, 4) is 0 Å². The number of aryl methyl sites for hydroxylation is 2. The molecule has 0 saturated heterocycles. The first-order chi connectivity index (χ1) is 8.74. The second-order valence-electron chi connectivity index (χ2n) is 3.88. The highest BCUT2D eigenvalue weighted by molar-refractivity contribution is 9.10. The third kappa shape index (κ3) is 2.11. The van der Waals surface area contributed by atoms with Gasteiger partial charge in [0, 0.05) is 29.6 Å². The summed E-state index contributed by atoms with van der Waals surface area (Å²) in [6.45, 7) is 1.52. The van der Waals surface area contributed by atoms with Gasteiger partial charge in [-0.3, -0.25) is 9.25 Å². The average Bonchev–Trinajstić information content (AvgIpc) is 2.93. The lowest BCUT2D eigenvalue weighted by molar-refractivity contribution is 0.536. The topological polar surface area (TPSA) is 51.4 Å². The molecule has 1 N–H and O–H groups in total. The normalized spacial score (nSPS) is 11.2. The van der Waals surface area contributed by atoms with E-state index in [1.54, 1.807) is 12.4 Å². The summed E-state index contributed by atoms with van der Waals surface area (Å²) in [5.41, 5.74) is 1.81. The first kappa shape index (κ1) is 11.6. The van der Waals surface area contributed by atoms with Crippen LogP contribution in [0.3, 0.4) is 0 Å². The Morgan fingerprint density at radius 2 is 2.28 bits per heavy atom. The summed E-state index contributed by atoms with van der Waals surface area (Å²) in [5, 5.41) is 4.17. The SMILES string of the molecule is S=c1[nH]c2cc(Br)cnc2n1CCn1cccn1. The van der Waals surface area contributed by atoms with Crippen LogP contribution in [-0.4, -0.2) is 24.3 Å². The second kappa shape index (κ2) is 4.66. The van der Waals surface area contributed by atoms with Crippen molar-refractivity contribution in [3.63, 3.8) is 0 Å². The van der Waals surface area contributed by atoms with Crippen LogP contribution in [0.2, 0.25) is 0 Å². The second-order valence-corrected chi connectivity index (χ2v) is 5.18. The summed E-state index contributed by atoms with van der Waals surface area (Å²) in [5.74, 6) is 0. The zero-order valence-corrected chi connectivity index (χ0v) is 11.8. The highest BCUT2D eigenvalue weighted by Crippen LogP contribution is 2.16.